The average Bonchev–Trinajstić information content (AvgIpc) is 2.61. The number of carbonyl (C=O) groups is 1. The lowest BCUT2D eigenvalue weighted by molar-refractivity contribution is -0.709. The zero-order chi connectivity index (χ0) is 20.1. The second-order valence-electron chi connectivity index (χ2n) is 6.07. The van der Waals surface area contributed by atoms with Gasteiger partial charge in [-0.1, -0.05) is 29.3 Å². The summed E-state index contributed by atoms with van der Waals surface area (Å²) in [5.74, 6) is -0.0439. The highest BCUT2D eigenvalue weighted by atomic mass is 35.5. The molecule has 0 aromatic heterocycles. The minimum atomic E-state index is -0.526. The molecule has 2 rings (SSSR count). The quantitative estimate of drug-likeness (QED) is 0.536. The number of amides is 1. The van der Waals surface area contributed by atoms with Crippen molar-refractivity contribution in [2.45, 2.75) is 25.9 Å². The molecule has 0 aliphatic heterocycles. The summed E-state index contributed by atoms with van der Waals surface area (Å²) in [6, 6.07) is 8.75. The van der Waals surface area contributed by atoms with Crippen LogP contribution in [0.25, 0.3) is 0 Å². The standard InChI is InChI=1S/C18H19Cl2N3O4/c1-10(14-6-4-12(19)8-15(14)20)21-11(2)18(24)22-16-7-5-13(23(25)26)9-17(16)27-3/h4-11,21H,1-3H3,(H,22,24)/p+1/t10-,11-/m0/s1. The lowest BCUT2D eigenvalue weighted by Crippen LogP contribution is -2.91. The molecular weight excluding hydrogens is 393 g/mol. The monoisotopic (exact) mass is 412 g/mol. The number of hydrogen-bond donors (Lipinski definition) is 2. The largest absolute Gasteiger partial charge is 0.494 e. The van der Waals surface area contributed by atoms with Gasteiger partial charge in [-0.05, 0) is 32.0 Å². The summed E-state index contributed by atoms with van der Waals surface area (Å²) < 4.78 is 5.13. The maximum absolute atomic E-state index is 12.5. The number of anilines is 1. The van der Waals surface area contributed by atoms with Gasteiger partial charge in [-0.25, -0.2) is 0 Å². The van der Waals surface area contributed by atoms with E-state index in [1.54, 1.807) is 19.1 Å². The molecule has 0 unspecified atom stereocenters. The fourth-order valence-corrected chi connectivity index (χ4v) is 3.22. The van der Waals surface area contributed by atoms with Crippen LogP contribution in [0, 0.1) is 10.1 Å². The van der Waals surface area contributed by atoms with Gasteiger partial charge in [0.25, 0.3) is 11.6 Å². The van der Waals surface area contributed by atoms with Gasteiger partial charge in [-0.2, -0.15) is 0 Å². The van der Waals surface area contributed by atoms with E-state index in [1.165, 1.54) is 25.3 Å². The van der Waals surface area contributed by atoms with Crippen molar-refractivity contribution in [2.75, 3.05) is 12.4 Å². The highest BCUT2D eigenvalue weighted by Crippen LogP contribution is 2.29. The van der Waals surface area contributed by atoms with Crippen molar-refractivity contribution in [2.24, 2.45) is 0 Å². The first-order valence-electron chi connectivity index (χ1n) is 8.16. The summed E-state index contributed by atoms with van der Waals surface area (Å²) >= 11 is 12.1. The van der Waals surface area contributed by atoms with Gasteiger partial charge in [0.2, 0.25) is 0 Å². The maximum Gasteiger partial charge on any atom is 0.282 e. The maximum atomic E-state index is 12.5. The second-order valence-corrected chi connectivity index (χ2v) is 6.91. The molecule has 2 aromatic carbocycles. The van der Waals surface area contributed by atoms with Gasteiger partial charge in [0.1, 0.15) is 11.8 Å². The number of benzene rings is 2. The van der Waals surface area contributed by atoms with Crippen LogP contribution >= 0.6 is 23.2 Å². The Morgan fingerprint density at radius 1 is 1.22 bits per heavy atom. The molecule has 0 bridgehead atoms. The van der Waals surface area contributed by atoms with Crippen LogP contribution < -0.4 is 15.4 Å². The Labute approximate surface area is 166 Å². The number of carbonyl (C=O) groups excluding carboxylic acids is 1. The zero-order valence-electron chi connectivity index (χ0n) is 15.0. The number of non-ortho nitro benzene ring substituents is 1. The first-order valence-corrected chi connectivity index (χ1v) is 8.91. The van der Waals surface area contributed by atoms with Crippen molar-refractivity contribution in [1.29, 1.82) is 0 Å². The molecule has 7 nitrogen and oxygen atoms in total. The van der Waals surface area contributed by atoms with E-state index in [-0.39, 0.29) is 23.4 Å². The third-order valence-corrected chi connectivity index (χ3v) is 4.66. The van der Waals surface area contributed by atoms with Gasteiger partial charge in [0.15, 0.2) is 6.04 Å². The lowest BCUT2D eigenvalue weighted by Gasteiger charge is -2.18. The average molecular weight is 413 g/mol. The van der Waals surface area contributed by atoms with Crippen molar-refractivity contribution < 1.29 is 19.8 Å². The fraction of sp³-hybridized carbons (Fsp3) is 0.278. The molecule has 144 valence electrons. The number of hydrogen-bond acceptors (Lipinski definition) is 4. The molecule has 0 spiro atoms. The van der Waals surface area contributed by atoms with Crippen molar-refractivity contribution in [3.8, 4) is 5.75 Å². The molecule has 3 N–H and O–H groups in total. The predicted octanol–water partition coefficient (Wildman–Crippen LogP) is 3.56. The van der Waals surface area contributed by atoms with Crippen LogP contribution in [0.15, 0.2) is 36.4 Å². The molecule has 0 aliphatic rings. The highest BCUT2D eigenvalue weighted by molar-refractivity contribution is 6.35. The van der Waals surface area contributed by atoms with Gasteiger partial charge >= 0.3 is 0 Å². The number of halogens is 2. The predicted molar refractivity (Wildman–Crippen MR) is 105 cm³/mol. The molecule has 0 fully saturated rings. The van der Waals surface area contributed by atoms with Crippen molar-refractivity contribution in [3.05, 3.63) is 62.1 Å². The lowest BCUT2D eigenvalue weighted by atomic mass is 10.1. The highest BCUT2D eigenvalue weighted by Gasteiger charge is 2.23. The Bertz CT molecular complexity index is 860. The molecule has 0 radical (unpaired) electrons. The van der Waals surface area contributed by atoms with Gasteiger partial charge in [0, 0.05) is 16.7 Å². The summed E-state index contributed by atoms with van der Waals surface area (Å²) in [5, 5.41) is 16.5. The van der Waals surface area contributed by atoms with Crippen LogP contribution in [0.2, 0.25) is 10.0 Å². The van der Waals surface area contributed by atoms with Crippen LogP contribution in [0.4, 0.5) is 11.4 Å². The van der Waals surface area contributed by atoms with E-state index in [4.69, 9.17) is 27.9 Å². The normalized spacial score (nSPS) is 12.9. The summed E-state index contributed by atoms with van der Waals surface area (Å²) in [5.41, 5.74) is 1.12. The van der Waals surface area contributed by atoms with E-state index in [2.05, 4.69) is 5.32 Å². The minimum Gasteiger partial charge on any atom is -0.494 e. The molecule has 0 saturated carbocycles. The number of quaternary nitrogens is 1. The van der Waals surface area contributed by atoms with Crippen molar-refractivity contribution in [3.63, 3.8) is 0 Å². The summed E-state index contributed by atoms with van der Waals surface area (Å²) in [6.45, 7) is 3.69. The Balaban J connectivity index is 2.08. The van der Waals surface area contributed by atoms with E-state index >= 15 is 0 Å². The van der Waals surface area contributed by atoms with Gasteiger partial charge < -0.3 is 15.4 Å². The number of nitro groups is 1. The van der Waals surface area contributed by atoms with Gasteiger partial charge in [-0.15, -0.1) is 0 Å². The molecule has 1 amide bonds. The van der Waals surface area contributed by atoms with E-state index in [0.717, 1.165) is 5.56 Å². The number of ether oxygens (including phenoxy) is 1. The minimum absolute atomic E-state index is 0.0747. The van der Waals surface area contributed by atoms with Gasteiger partial charge in [-0.3, -0.25) is 14.9 Å². The number of nitrogens with two attached hydrogens (primary N) is 1. The molecule has 0 saturated heterocycles. The number of nitrogens with one attached hydrogen (secondary N) is 1. The second kappa shape index (κ2) is 9.03. The summed E-state index contributed by atoms with van der Waals surface area (Å²) in [4.78, 5) is 22.8. The van der Waals surface area contributed by atoms with Gasteiger partial charge in [0.05, 0.1) is 28.8 Å². The molecule has 2 aromatic rings. The van der Waals surface area contributed by atoms with Crippen LogP contribution in [0.5, 0.6) is 5.75 Å². The summed E-state index contributed by atoms with van der Waals surface area (Å²) in [6.07, 6.45) is 0. The van der Waals surface area contributed by atoms with Crippen molar-refractivity contribution in [1.82, 2.24) is 0 Å². The van der Waals surface area contributed by atoms with Crippen LogP contribution in [0.3, 0.4) is 0 Å². The number of methoxy groups -OCH3 is 1. The number of nitrogens with zero attached hydrogens (tertiary/aromatic N) is 1. The fourth-order valence-electron chi connectivity index (χ4n) is 2.64. The molecule has 0 aliphatic carbocycles. The van der Waals surface area contributed by atoms with E-state index in [1.807, 2.05) is 18.3 Å². The number of rotatable bonds is 7. The third kappa shape index (κ3) is 5.32. The first kappa shape index (κ1) is 21.0. The zero-order valence-corrected chi connectivity index (χ0v) is 16.5. The van der Waals surface area contributed by atoms with E-state index < -0.39 is 11.0 Å². The van der Waals surface area contributed by atoms with Crippen LogP contribution in [0.1, 0.15) is 25.5 Å². The SMILES string of the molecule is COc1cc([N+](=O)[O-])ccc1NC(=O)[C@H](C)[NH2+][C@@H](C)c1ccc(Cl)cc1Cl. The Hall–Kier alpha value is -2.35. The van der Waals surface area contributed by atoms with E-state index in [9.17, 15) is 14.9 Å². The van der Waals surface area contributed by atoms with Crippen molar-refractivity contribution >= 4 is 40.5 Å². The number of nitro benzene ring substituents is 1. The Morgan fingerprint density at radius 2 is 1.93 bits per heavy atom. The Kier molecular flexibility index (Phi) is 7.01. The molecule has 2 atom stereocenters. The summed E-state index contributed by atoms with van der Waals surface area (Å²) in [7, 11) is 1.38. The molecule has 9 heteroatoms. The first-order chi connectivity index (χ1) is 12.7. The smallest absolute Gasteiger partial charge is 0.282 e. The Morgan fingerprint density at radius 3 is 2.52 bits per heavy atom. The van der Waals surface area contributed by atoms with Crippen LogP contribution in [-0.2, 0) is 4.79 Å². The molecular formula is C18H20Cl2N3O4+. The molecule has 0 heterocycles. The van der Waals surface area contributed by atoms with Crippen LogP contribution in [-0.4, -0.2) is 24.0 Å². The van der Waals surface area contributed by atoms with E-state index in [0.29, 0.717) is 15.7 Å². The molecule has 27 heavy (non-hydrogen) atoms. The third-order valence-electron chi connectivity index (χ3n) is 4.10. The topological polar surface area (TPSA) is 98.1 Å².